The van der Waals surface area contributed by atoms with Crippen LogP contribution in [0.4, 0.5) is 0 Å². The molecule has 4 rings (SSSR count). The highest BCUT2D eigenvalue weighted by atomic mass is 32.2. The lowest BCUT2D eigenvalue weighted by Gasteiger charge is -2.29. The van der Waals surface area contributed by atoms with Crippen molar-refractivity contribution in [1.29, 1.82) is 0 Å². The first-order chi connectivity index (χ1) is 13.2. The number of hydrogen-bond donors (Lipinski definition) is 1. The number of rotatable bonds is 5. The first kappa shape index (κ1) is 18.3. The molecule has 1 fully saturated rings. The number of hydrogen-bond acceptors (Lipinski definition) is 3. The van der Waals surface area contributed by atoms with Crippen molar-refractivity contribution >= 4 is 23.3 Å². The molecule has 27 heavy (non-hydrogen) atoms. The van der Waals surface area contributed by atoms with Crippen molar-refractivity contribution in [3.05, 3.63) is 65.7 Å². The highest BCUT2D eigenvalue weighted by Gasteiger charge is 2.24. The molecule has 1 saturated heterocycles. The van der Waals surface area contributed by atoms with Crippen LogP contribution in [-0.2, 0) is 4.79 Å². The van der Waals surface area contributed by atoms with Crippen LogP contribution >= 0.6 is 11.8 Å². The van der Waals surface area contributed by atoms with E-state index in [2.05, 4.69) is 59.5 Å². The van der Waals surface area contributed by atoms with Crippen LogP contribution in [0.15, 0.2) is 64.4 Å². The van der Waals surface area contributed by atoms with E-state index < -0.39 is 5.97 Å². The molecule has 0 radical (unpaired) electrons. The first-order valence-electron chi connectivity index (χ1n) is 9.74. The highest BCUT2D eigenvalue weighted by Crippen LogP contribution is 2.45. The Labute approximate surface area is 165 Å². The Balaban J connectivity index is 1.40. The number of carbonyl (C=O) groups is 1. The summed E-state index contributed by atoms with van der Waals surface area (Å²) in [7, 11) is 0. The van der Waals surface area contributed by atoms with E-state index in [-0.39, 0.29) is 5.92 Å². The molecule has 0 aromatic heterocycles. The highest BCUT2D eigenvalue weighted by molar-refractivity contribution is 7.99. The normalized spacial score (nSPS) is 17.3. The van der Waals surface area contributed by atoms with Gasteiger partial charge in [-0.1, -0.05) is 54.2 Å². The monoisotopic (exact) mass is 379 g/mol. The molecular formula is C23H25NO2S. The number of carboxylic acids is 1. The Morgan fingerprint density at radius 1 is 1.04 bits per heavy atom. The molecule has 0 bridgehead atoms. The van der Waals surface area contributed by atoms with Gasteiger partial charge in [-0.05, 0) is 74.2 Å². The molecule has 0 saturated carbocycles. The number of nitrogens with zero attached hydrogens (tertiary/aromatic N) is 1. The van der Waals surface area contributed by atoms with Crippen molar-refractivity contribution in [2.75, 3.05) is 19.6 Å². The van der Waals surface area contributed by atoms with Crippen molar-refractivity contribution in [1.82, 2.24) is 4.90 Å². The van der Waals surface area contributed by atoms with Crippen molar-refractivity contribution in [3.8, 4) is 0 Å². The number of likely N-dealkylation sites (tertiary alicyclic amines) is 1. The van der Waals surface area contributed by atoms with Crippen LogP contribution in [0, 0.1) is 5.92 Å². The molecule has 3 nitrogen and oxygen atoms in total. The maximum atomic E-state index is 11.1. The molecule has 0 unspecified atom stereocenters. The van der Waals surface area contributed by atoms with Gasteiger partial charge in [-0.2, -0.15) is 0 Å². The molecule has 2 aliphatic heterocycles. The molecule has 2 aliphatic rings. The van der Waals surface area contributed by atoms with Crippen molar-refractivity contribution in [2.24, 2.45) is 5.92 Å². The first-order valence-corrected chi connectivity index (χ1v) is 10.6. The Morgan fingerprint density at radius 2 is 1.63 bits per heavy atom. The molecule has 0 spiro atoms. The molecule has 2 aromatic carbocycles. The molecule has 2 aromatic rings. The molecule has 140 valence electrons. The Hall–Kier alpha value is -2.04. The third-order valence-corrected chi connectivity index (χ3v) is 6.69. The van der Waals surface area contributed by atoms with E-state index in [1.165, 1.54) is 26.5 Å². The molecular weight excluding hydrogens is 354 g/mol. The van der Waals surface area contributed by atoms with Gasteiger partial charge in [0, 0.05) is 9.79 Å². The van der Waals surface area contributed by atoms with E-state index in [1.54, 1.807) is 0 Å². The minimum atomic E-state index is -0.633. The second-order valence-corrected chi connectivity index (χ2v) is 8.39. The van der Waals surface area contributed by atoms with Crippen LogP contribution in [-0.4, -0.2) is 35.6 Å². The average molecular weight is 380 g/mol. The van der Waals surface area contributed by atoms with Gasteiger partial charge >= 0.3 is 5.97 Å². The number of aliphatic carboxylic acids is 1. The zero-order valence-corrected chi connectivity index (χ0v) is 16.3. The van der Waals surface area contributed by atoms with E-state index >= 15 is 0 Å². The molecule has 4 heteroatoms. The van der Waals surface area contributed by atoms with Crippen LogP contribution in [0.3, 0.4) is 0 Å². The predicted molar refractivity (Wildman–Crippen MR) is 110 cm³/mol. The third-order valence-electron chi connectivity index (χ3n) is 5.54. The minimum Gasteiger partial charge on any atom is -0.481 e. The number of piperidine rings is 1. The van der Waals surface area contributed by atoms with Crippen LogP contribution in [0.2, 0.25) is 0 Å². The number of benzene rings is 2. The van der Waals surface area contributed by atoms with Crippen molar-refractivity contribution in [2.45, 2.75) is 35.5 Å². The van der Waals surface area contributed by atoms with Gasteiger partial charge in [0.2, 0.25) is 0 Å². The van der Waals surface area contributed by atoms with Gasteiger partial charge in [-0.3, -0.25) is 4.79 Å². The van der Waals surface area contributed by atoms with E-state index in [4.69, 9.17) is 5.11 Å². The van der Waals surface area contributed by atoms with Crippen molar-refractivity contribution in [3.63, 3.8) is 0 Å². The summed E-state index contributed by atoms with van der Waals surface area (Å²) in [5, 5.41) is 9.12. The number of carboxylic acid groups (broad SMARTS) is 1. The van der Waals surface area contributed by atoms with E-state index in [0.717, 1.165) is 45.3 Å². The van der Waals surface area contributed by atoms with E-state index in [0.29, 0.717) is 0 Å². The van der Waals surface area contributed by atoms with Gasteiger partial charge in [-0.15, -0.1) is 0 Å². The Morgan fingerprint density at radius 3 is 2.22 bits per heavy atom. The van der Waals surface area contributed by atoms with Gasteiger partial charge in [0.25, 0.3) is 0 Å². The standard InChI is InChI=1S/C23H25NO2S/c25-23(26)17-12-15-24(16-13-17)14-6-5-7-18-19-8-1-3-10-21(19)27-22-11-4-2-9-20(18)22/h1-4,7-11,17H,5-6,12-16H2,(H,25,26). The number of allylic oxidation sites excluding steroid dienone is 1. The molecule has 2 heterocycles. The molecule has 0 aliphatic carbocycles. The van der Waals surface area contributed by atoms with Crippen LogP contribution in [0.5, 0.6) is 0 Å². The summed E-state index contributed by atoms with van der Waals surface area (Å²) >= 11 is 1.85. The second-order valence-electron chi connectivity index (χ2n) is 7.31. The Bertz CT molecular complexity index is 805. The van der Waals surface area contributed by atoms with Gasteiger partial charge < -0.3 is 10.0 Å². The van der Waals surface area contributed by atoms with Crippen molar-refractivity contribution < 1.29 is 9.90 Å². The van der Waals surface area contributed by atoms with Gasteiger partial charge in [-0.25, -0.2) is 0 Å². The number of unbranched alkanes of at least 4 members (excludes halogenated alkanes) is 1. The van der Waals surface area contributed by atoms with E-state index in [1.807, 2.05) is 11.8 Å². The maximum absolute atomic E-state index is 11.1. The second kappa shape index (κ2) is 8.32. The summed E-state index contributed by atoms with van der Waals surface area (Å²) in [5.74, 6) is -0.775. The summed E-state index contributed by atoms with van der Waals surface area (Å²) in [6.45, 7) is 2.87. The fraction of sp³-hybridized carbons (Fsp3) is 0.348. The van der Waals surface area contributed by atoms with Gasteiger partial charge in [0.15, 0.2) is 0 Å². The van der Waals surface area contributed by atoms with Crippen LogP contribution in [0.25, 0.3) is 5.57 Å². The lowest BCUT2D eigenvalue weighted by molar-refractivity contribution is -0.143. The molecule has 1 N–H and O–H groups in total. The summed E-state index contributed by atoms with van der Waals surface area (Å²) in [6, 6.07) is 17.3. The summed E-state index contributed by atoms with van der Waals surface area (Å²) in [4.78, 5) is 16.1. The zero-order chi connectivity index (χ0) is 18.6. The Kier molecular flexibility index (Phi) is 5.65. The average Bonchev–Trinajstić information content (AvgIpc) is 2.70. The number of fused-ring (bicyclic) bond motifs is 2. The van der Waals surface area contributed by atoms with Gasteiger partial charge in [0.05, 0.1) is 5.92 Å². The third kappa shape index (κ3) is 4.12. The summed E-state index contributed by atoms with van der Waals surface area (Å²) in [6.07, 6.45) is 6.12. The van der Waals surface area contributed by atoms with E-state index in [9.17, 15) is 4.79 Å². The summed E-state index contributed by atoms with van der Waals surface area (Å²) in [5.41, 5.74) is 4.02. The van der Waals surface area contributed by atoms with Gasteiger partial charge in [0.1, 0.15) is 0 Å². The SMILES string of the molecule is O=C(O)C1CCN(CCCC=C2c3ccccc3Sc3ccccc32)CC1. The largest absolute Gasteiger partial charge is 0.481 e. The molecule has 0 amide bonds. The topological polar surface area (TPSA) is 40.5 Å². The maximum Gasteiger partial charge on any atom is 0.306 e. The predicted octanol–water partition coefficient (Wildman–Crippen LogP) is 5.16. The lowest BCUT2D eigenvalue weighted by Crippen LogP contribution is -2.36. The zero-order valence-electron chi connectivity index (χ0n) is 15.4. The fourth-order valence-electron chi connectivity index (χ4n) is 4.00. The summed E-state index contributed by atoms with van der Waals surface area (Å²) < 4.78 is 0. The quantitative estimate of drug-likeness (QED) is 0.622. The fourth-order valence-corrected chi connectivity index (χ4v) is 5.11. The van der Waals surface area contributed by atoms with Crippen LogP contribution < -0.4 is 0 Å². The minimum absolute atomic E-state index is 0.142. The smallest absolute Gasteiger partial charge is 0.306 e. The van der Waals surface area contributed by atoms with Crippen LogP contribution in [0.1, 0.15) is 36.8 Å². The lowest BCUT2D eigenvalue weighted by atomic mass is 9.95. The molecule has 0 atom stereocenters.